The summed E-state index contributed by atoms with van der Waals surface area (Å²) in [5.41, 5.74) is 1.15. The van der Waals surface area contributed by atoms with Crippen LogP contribution in [0.2, 0.25) is 0 Å². The van der Waals surface area contributed by atoms with Crippen LogP contribution in [0.25, 0.3) is 0 Å². The minimum Gasteiger partial charge on any atom is -0.381 e. The van der Waals surface area contributed by atoms with Gasteiger partial charge in [0.05, 0.1) is 6.61 Å². The Morgan fingerprint density at radius 2 is 2.43 bits per heavy atom. The van der Waals surface area contributed by atoms with E-state index in [1.165, 1.54) is 6.42 Å². The molecule has 0 aliphatic carbocycles. The van der Waals surface area contributed by atoms with Gasteiger partial charge in [-0.1, -0.05) is 6.07 Å². The Kier molecular flexibility index (Phi) is 2.99. The van der Waals surface area contributed by atoms with Gasteiger partial charge in [0.25, 0.3) is 0 Å². The third-order valence-corrected chi connectivity index (χ3v) is 2.61. The lowest BCUT2D eigenvalue weighted by molar-refractivity contribution is 0.0793. The van der Waals surface area contributed by atoms with Crippen molar-refractivity contribution in [1.29, 1.82) is 0 Å². The molecule has 3 heteroatoms. The van der Waals surface area contributed by atoms with Gasteiger partial charge < -0.3 is 10.1 Å². The molecule has 0 bridgehead atoms. The fourth-order valence-corrected chi connectivity index (χ4v) is 1.79. The van der Waals surface area contributed by atoms with Gasteiger partial charge >= 0.3 is 0 Å². The van der Waals surface area contributed by atoms with Crippen LogP contribution >= 0.6 is 0 Å². The Labute approximate surface area is 84.5 Å². The summed E-state index contributed by atoms with van der Waals surface area (Å²) in [5.74, 6) is 1.42. The first-order chi connectivity index (χ1) is 6.90. The van der Waals surface area contributed by atoms with E-state index in [1.807, 2.05) is 19.2 Å². The van der Waals surface area contributed by atoms with Gasteiger partial charge in [-0.3, -0.25) is 0 Å². The number of pyridine rings is 1. The van der Waals surface area contributed by atoms with E-state index in [2.05, 4.69) is 16.4 Å². The van der Waals surface area contributed by atoms with Gasteiger partial charge in [-0.2, -0.15) is 0 Å². The maximum atomic E-state index is 5.45. The lowest BCUT2D eigenvalue weighted by atomic mass is 9.98. The minimum atomic E-state index is 0.483. The number of nitrogens with one attached hydrogen (secondary N) is 1. The molecule has 0 aromatic carbocycles. The molecule has 2 rings (SSSR count). The fraction of sp³-hybridized carbons (Fsp3) is 0.545. The highest BCUT2D eigenvalue weighted by molar-refractivity contribution is 5.35. The largest absolute Gasteiger partial charge is 0.381 e. The van der Waals surface area contributed by atoms with Crippen LogP contribution in [0.1, 0.15) is 24.5 Å². The topological polar surface area (TPSA) is 34.1 Å². The summed E-state index contributed by atoms with van der Waals surface area (Å²) in [7, 11) is 1.89. The van der Waals surface area contributed by atoms with Crippen molar-refractivity contribution in [2.75, 3.05) is 25.6 Å². The van der Waals surface area contributed by atoms with Gasteiger partial charge in [-0.15, -0.1) is 0 Å². The summed E-state index contributed by atoms with van der Waals surface area (Å²) in [6.45, 7) is 1.72. The molecule has 1 fully saturated rings. The van der Waals surface area contributed by atoms with Crippen molar-refractivity contribution >= 4 is 5.82 Å². The highest BCUT2D eigenvalue weighted by Crippen LogP contribution is 2.24. The van der Waals surface area contributed by atoms with E-state index in [1.54, 1.807) is 0 Å². The van der Waals surface area contributed by atoms with Crippen LogP contribution in [-0.2, 0) is 4.74 Å². The second kappa shape index (κ2) is 4.42. The molecule has 76 valence electrons. The average molecular weight is 192 g/mol. The van der Waals surface area contributed by atoms with Crippen molar-refractivity contribution in [1.82, 2.24) is 4.98 Å². The molecule has 0 saturated carbocycles. The molecule has 0 unspecified atom stereocenters. The first kappa shape index (κ1) is 9.46. The van der Waals surface area contributed by atoms with Crippen molar-refractivity contribution in [3.05, 3.63) is 23.9 Å². The molecule has 14 heavy (non-hydrogen) atoms. The summed E-state index contributed by atoms with van der Waals surface area (Å²) in [6, 6.07) is 6.11. The van der Waals surface area contributed by atoms with Gasteiger partial charge in [0.15, 0.2) is 0 Å². The number of aromatic nitrogens is 1. The van der Waals surface area contributed by atoms with Gasteiger partial charge in [-0.25, -0.2) is 4.98 Å². The average Bonchev–Trinajstić information content (AvgIpc) is 2.30. The van der Waals surface area contributed by atoms with Crippen molar-refractivity contribution < 1.29 is 4.74 Å². The summed E-state index contributed by atoms with van der Waals surface area (Å²) < 4.78 is 5.45. The van der Waals surface area contributed by atoms with Crippen LogP contribution in [0.3, 0.4) is 0 Å². The molecule has 1 aromatic heterocycles. The third kappa shape index (κ3) is 2.04. The molecule has 1 aliphatic heterocycles. The molecule has 0 spiro atoms. The van der Waals surface area contributed by atoms with Crippen molar-refractivity contribution in [3.8, 4) is 0 Å². The summed E-state index contributed by atoms with van der Waals surface area (Å²) in [6.07, 6.45) is 2.34. The lowest BCUT2D eigenvalue weighted by Crippen LogP contribution is -2.16. The molecule has 0 amide bonds. The predicted molar refractivity (Wildman–Crippen MR) is 56.6 cm³/mol. The molecular formula is C11H16N2O. The Balaban J connectivity index is 2.13. The van der Waals surface area contributed by atoms with Gasteiger partial charge in [0.2, 0.25) is 0 Å². The quantitative estimate of drug-likeness (QED) is 0.778. The van der Waals surface area contributed by atoms with Crippen LogP contribution in [0.5, 0.6) is 0 Å². The second-order valence-corrected chi connectivity index (χ2v) is 3.61. The Morgan fingerprint density at radius 3 is 3.14 bits per heavy atom. The number of rotatable bonds is 2. The number of ether oxygens (including phenoxy) is 1. The lowest BCUT2D eigenvalue weighted by Gasteiger charge is -2.21. The molecule has 0 radical (unpaired) electrons. The summed E-state index contributed by atoms with van der Waals surface area (Å²) in [5, 5.41) is 3.05. The maximum Gasteiger partial charge on any atom is 0.125 e. The zero-order valence-corrected chi connectivity index (χ0v) is 8.49. The molecule has 2 heterocycles. The van der Waals surface area contributed by atoms with E-state index >= 15 is 0 Å². The second-order valence-electron chi connectivity index (χ2n) is 3.61. The van der Waals surface area contributed by atoms with Crippen molar-refractivity contribution in [3.63, 3.8) is 0 Å². The SMILES string of the molecule is CNc1cccc([C@@H]2CCCOC2)n1. The van der Waals surface area contributed by atoms with Crippen LogP contribution < -0.4 is 5.32 Å². The first-order valence-electron chi connectivity index (χ1n) is 5.12. The first-order valence-corrected chi connectivity index (χ1v) is 5.12. The standard InChI is InChI=1S/C11H16N2O/c1-12-11-6-2-5-10(13-11)9-4-3-7-14-8-9/h2,5-6,9H,3-4,7-8H2,1H3,(H,12,13)/t9-/m1/s1. The van der Waals surface area contributed by atoms with Gasteiger partial charge in [0, 0.05) is 25.3 Å². The van der Waals surface area contributed by atoms with E-state index in [4.69, 9.17) is 4.74 Å². The molecule has 1 aliphatic rings. The number of hydrogen-bond donors (Lipinski definition) is 1. The zero-order valence-electron chi connectivity index (χ0n) is 8.49. The van der Waals surface area contributed by atoms with Crippen LogP contribution in [0.15, 0.2) is 18.2 Å². The van der Waals surface area contributed by atoms with Crippen molar-refractivity contribution in [2.45, 2.75) is 18.8 Å². The van der Waals surface area contributed by atoms with E-state index < -0.39 is 0 Å². The molecule has 1 atom stereocenters. The van der Waals surface area contributed by atoms with Crippen LogP contribution in [0.4, 0.5) is 5.82 Å². The van der Waals surface area contributed by atoms with Crippen LogP contribution in [0, 0.1) is 0 Å². The Hall–Kier alpha value is -1.09. The fourth-order valence-electron chi connectivity index (χ4n) is 1.79. The molecule has 1 aromatic rings. The van der Waals surface area contributed by atoms with Gasteiger partial charge in [0.1, 0.15) is 5.82 Å². The molecule has 1 saturated heterocycles. The Morgan fingerprint density at radius 1 is 1.50 bits per heavy atom. The smallest absolute Gasteiger partial charge is 0.125 e. The van der Waals surface area contributed by atoms with Crippen LogP contribution in [-0.4, -0.2) is 25.2 Å². The Bertz CT molecular complexity index is 295. The monoisotopic (exact) mass is 192 g/mol. The maximum absolute atomic E-state index is 5.45. The van der Waals surface area contributed by atoms with E-state index in [0.29, 0.717) is 5.92 Å². The predicted octanol–water partition coefficient (Wildman–Crippen LogP) is 2.02. The molecular weight excluding hydrogens is 176 g/mol. The third-order valence-electron chi connectivity index (χ3n) is 2.61. The highest BCUT2D eigenvalue weighted by Gasteiger charge is 2.17. The summed E-state index contributed by atoms with van der Waals surface area (Å²) >= 11 is 0. The normalized spacial score (nSPS) is 21.9. The van der Waals surface area contributed by atoms with E-state index in [9.17, 15) is 0 Å². The van der Waals surface area contributed by atoms with Gasteiger partial charge in [-0.05, 0) is 25.0 Å². The summed E-state index contributed by atoms with van der Waals surface area (Å²) in [4.78, 5) is 4.52. The minimum absolute atomic E-state index is 0.483. The number of hydrogen-bond acceptors (Lipinski definition) is 3. The van der Waals surface area contributed by atoms with Crippen molar-refractivity contribution in [2.24, 2.45) is 0 Å². The zero-order chi connectivity index (χ0) is 9.80. The highest BCUT2D eigenvalue weighted by atomic mass is 16.5. The molecule has 1 N–H and O–H groups in total. The number of anilines is 1. The van der Waals surface area contributed by atoms with E-state index in [-0.39, 0.29) is 0 Å². The number of nitrogens with zero attached hydrogens (tertiary/aromatic N) is 1. The molecule has 3 nitrogen and oxygen atoms in total. The van der Waals surface area contributed by atoms with E-state index in [0.717, 1.165) is 31.1 Å².